The highest BCUT2D eigenvalue weighted by Crippen LogP contribution is 2.30. The lowest BCUT2D eigenvalue weighted by molar-refractivity contribution is 0.414. The van der Waals surface area contributed by atoms with E-state index in [-0.39, 0.29) is 0 Å². The second-order valence-corrected chi connectivity index (χ2v) is 7.06. The molecule has 2 heteroatoms. The molecular formula is C24H30O2. The minimum Gasteiger partial charge on any atom is -0.497 e. The maximum absolute atomic E-state index is 5.83. The average Bonchev–Trinajstić information content (AvgIpc) is 3.07. The van der Waals surface area contributed by atoms with Crippen LogP contribution in [0.25, 0.3) is 11.0 Å². The average molecular weight is 351 g/mol. The molecule has 0 bridgehead atoms. The highest BCUT2D eigenvalue weighted by Gasteiger charge is 2.13. The van der Waals surface area contributed by atoms with Crippen molar-refractivity contribution in [3.63, 3.8) is 0 Å². The van der Waals surface area contributed by atoms with Crippen molar-refractivity contribution in [2.45, 2.75) is 58.8 Å². The van der Waals surface area contributed by atoms with Crippen LogP contribution in [-0.4, -0.2) is 7.11 Å². The Kier molecular flexibility index (Phi) is 6.38. The van der Waals surface area contributed by atoms with Gasteiger partial charge in [0.2, 0.25) is 0 Å². The third-order valence-electron chi connectivity index (χ3n) is 5.20. The minimum atomic E-state index is 0.838. The summed E-state index contributed by atoms with van der Waals surface area (Å²) in [4.78, 5) is 0. The van der Waals surface area contributed by atoms with Gasteiger partial charge in [-0.2, -0.15) is 0 Å². The summed E-state index contributed by atoms with van der Waals surface area (Å²) in [6.45, 7) is 4.52. The number of rotatable bonds is 9. The number of aryl methyl sites for hydroxylation is 2. The fraction of sp³-hybridized carbons (Fsp3) is 0.417. The first-order chi connectivity index (χ1) is 12.8. The molecule has 0 aliphatic heterocycles. The number of furan rings is 1. The summed E-state index contributed by atoms with van der Waals surface area (Å²) in [5, 5.41) is 1.19. The molecule has 0 fully saturated rings. The smallest absolute Gasteiger partial charge is 0.137 e. The summed E-state index contributed by atoms with van der Waals surface area (Å²) in [5.41, 5.74) is 6.68. The van der Waals surface area contributed by atoms with Crippen molar-refractivity contribution in [1.82, 2.24) is 0 Å². The first kappa shape index (κ1) is 18.6. The Balaban J connectivity index is 1.96. The number of benzene rings is 2. The van der Waals surface area contributed by atoms with Crippen LogP contribution < -0.4 is 4.74 Å². The van der Waals surface area contributed by atoms with Crippen LogP contribution in [-0.2, 0) is 19.3 Å². The number of methoxy groups -OCH3 is 1. The van der Waals surface area contributed by atoms with Crippen LogP contribution in [0.1, 0.15) is 61.8 Å². The molecule has 1 aromatic heterocycles. The summed E-state index contributed by atoms with van der Waals surface area (Å²) in [6, 6.07) is 13.0. The van der Waals surface area contributed by atoms with Crippen molar-refractivity contribution in [2.75, 3.05) is 7.11 Å². The van der Waals surface area contributed by atoms with Crippen LogP contribution in [0.5, 0.6) is 5.75 Å². The molecule has 0 saturated heterocycles. The molecule has 3 aromatic rings. The summed E-state index contributed by atoms with van der Waals surface area (Å²) >= 11 is 0. The zero-order chi connectivity index (χ0) is 18.4. The Hall–Kier alpha value is -2.22. The minimum absolute atomic E-state index is 0.838. The number of unbranched alkanes of at least 4 members (excludes halogenated alkanes) is 2. The Morgan fingerprint density at radius 1 is 0.885 bits per heavy atom. The van der Waals surface area contributed by atoms with Gasteiger partial charge in [-0.25, -0.2) is 0 Å². The molecular weight excluding hydrogens is 320 g/mol. The second-order valence-electron chi connectivity index (χ2n) is 7.06. The monoisotopic (exact) mass is 350 g/mol. The van der Waals surface area contributed by atoms with E-state index in [1.165, 1.54) is 53.3 Å². The number of ether oxygens (including phenoxy) is 1. The molecule has 2 nitrogen and oxygen atoms in total. The van der Waals surface area contributed by atoms with Gasteiger partial charge in [0.15, 0.2) is 0 Å². The largest absolute Gasteiger partial charge is 0.497 e. The molecule has 0 amide bonds. The third kappa shape index (κ3) is 4.12. The SMILES string of the molecule is CCCCc1cccc(CCCC)c1Cc1coc2cc(OC)ccc12. The molecule has 0 aliphatic carbocycles. The molecule has 0 unspecified atom stereocenters. The van der Waals surface area contributed by atoms with Gasteiger partial charge >= 0.3 is 0 Å². The molecule has 2 aromatic carbocycles. The van der Waals surface area contributed by atoms with E-state index in [1.54, 1.807) is 7.11 Å². The van der Waals surface area contributed by atoms with Crippen molar-refractivity contribution in [3.8, 4) is 5.75 Å². The van der Waals surface area contributed by atoms with Crippen molar-refractivity contribution in [1.29, 1.82) is 0 Å². The fourth-order valence-electron chi connectivity index (χ4n) is 3.64. The van der Waals surface area contributed by atoms with E-state index in [0.717, 1.165) is 30.6 Å². The van der Waals surface area contributed by atoms with Crippen molar-refractivity contribution in [3.05, 3.63) is 64.9 Å². The van der Waals surface area contributed by atoms with Gasteiger partial charge in [0.05, 0.1) is 13.4 Å². The summed E-state index contributed by atoms with van der Waals surface area (Å²) in [6.07, 6.45) is 10.1. The highest BCUT2D eigenvalue weighted by atomic mass is 16.5. The van der Waals surface area contributed by atoms with Gasteiger partial charge in [0.1, 0.15) is 11.3 Å². The third-order valence-corrected chi connectivity index (χ3v) is 5.20. The Morgan fingerprint density at radius 3 is 2.19 bits per heavy atom. The summed E-state index contributed by atoms with van der Waals surface area (Å²) in [5.74, 6) is 0.838. The predicted molar refractivity (Wildman–Crippen MR) is 109 cm³/mol. The van der Waals surface area contributed by atoms with Crippen molar-refractivity contribution < 1.29 is 9.15 Å². The van der Waals surface area contributed by atoms with Crippen molar-refractivity contribution >= 4 is 11.0 Å². The van der Waals surface area contributed by atoms with Crippen LogP contribution in [0, 0.1) is 0 Å². The van der Waals surface area contributed by atoms with Gasteiger partial charge in [-0.1, -0.05) is 44.9 Å². The van der Waals surface area contributed by atoms with E-state index in [1.807, 2.05) is 18.4 Å². The highest BCUT2D eigenvalue weighted by molar-refractivity contribution is 5.82. The second kappa shape index (κ2) is 8.93. The van der Waals surface area contributed by atoms with E-state index in [2.05, 4.69) is 38.1 Å². The molecule has 3 rings (SSSR count). The van der Waals surface area contributed by atoms with Crippen LogP contribution in [0.2, 0.25) is 0 Å². The Labute approximate surface area is 157 Å². The molecule has 0 atom stereocenters. The first-order valence-electron chi connectivity index (χ1n) is 9.90. The maximum Gasteiger partial charge on any atom is 0.137 e. The normalized spacial score (nSPS) is 11.2. The molecule has 0 saturated carbocycles. The standard InChI is InChI=1S/C24H30O2/c1-4-6-9-18-11-8-12-19(10-7-5-2)23(18)15-20-17-26-24-16-21(25-3)13-14-22(20)24/h8,11-14,16-17H,4-7,9-10,15H2,1-3H3. The molecule has 0 aliphatic rings. The zero-order valence-electron chi connectivity index (χ0n) is 16.3. The first-order valence-corrected chi connectivity index (χ1v) is 9.90. The van der Waals surface area contributed by atoms with Crippen LogP contribution >= 0.6 is 0 Å². The molecule has 26 heavy (non-hydrogen) atoms. The maximum atomic E-state index is 5.83. The van der Waals surface area contributed by atoms with Gasteiger partial charge in [0.25, 0.3) is 0 Å². The van der Waals surface area contributed by atoms with Gasteiger partial charge in [-0.15, -0.1) is 0 Å². The molecule has 1 heterocycles. The number of hydrogen-bond donors (Lipinski definition) is 0. The zero-order valence-corrected chi connectivity index (χ0v) is 16.3. The van der Waals surface area contributed by atoms with E-state index < -0.39 is 0 Å². The van der Waals surface area contributed by atoms with E-state index in [9.17, 15) is 0 Å². The lowest BCUT2D eigenvalue weighted by Gasteiger charge is -2.15. The van der Waals surface area contributed by atoms with E-state index in [4.69, 9.17) is 9.15 Å². The topological polar surface area (TPSA) is 22.4 Å². The van der Waals surface area contributed by atoms with Gasteiger partial charge in [-0.3, -0.25) is 0 Å². The van der Waals surface area contributed by atoms with Crippen LogP contribution in [0.3, 0.4) is 0 Å². The lowest BCUT2D eigenvalue weighted by atomic mass is 9.90. The number of fused-ring (bicyclic) bond motifs is 1. The number of hydrogen-bond acceptors (Lipinski definition) is 2. The fourth-order valence-corrected chi connectivity index (χ4v) is 3.64. The predicted octanol–water partition coefficient (Wildman–Crippen LogP) is 6.72. The van der Waals surface area contributed by atoms with E-state index >= 15 is 0 Å². The van der Waals surface area contributed by atoms with Gasteiger partial charge in [-0.05, 0) is 54.5 Å². The summed E-state index contributed by atoms with van der Waals surface area (Å²) in [7, 11) is 1.69. The molecule has 138 valence electrons. The quantitative estimate of drug-likeness (QED) is 0.427. The lowest BCUT2D eigenvalue weighted by Crippen LogP contribution is -2.02. The van der Waals surface area contributed by atoms with Gasteiger partial charge in [0, 0.05) is 23.4 Å². The van der Waals surface area contributed by atoms with Crippen molar-refractivity contribution in [2.24, 2.45) is 0 Å². The van der Waals surface area contributed by atoms with Crippen LogP contribution in [0.15, 0.2) is 47.1 Å². The molecule has 0 N–H and O–H groups in total. The molecule has 0 spiro atoms. The van der Waals surface area contributed by atoms with Crippen LogP contribution in [0.4, 0.5) is 0 Å². The Bertz CT molecular complexity index is 818. The molecule has 0 radical (unpaired) electrons. The Morgan fingerprint density at radius 2 is 1.58 bits per heavy atom. The van der Waals surface area contributed by atoms with E-state index in [0.29, 0.717) is 0 Å². The summed E-state index contributed by atoms with van der Waals surface area (Å²) < 4.78 is 11.1. The van der Waals surface area contributed by atoms with Gasteiger partial charge < -0.3 is 9.15 Å².